The van der Waals surface area contributed by atoms with E-state index in [1.54, 1.807) is 25.3 Å². The number of rotatable bonds is 7. The van der Waals surface area contributed by atoms with E-state index in [4.69, 9.17) is 4.74 Å². The monoisotopic (exact) mass is 292 g/mol. The molecule has 2 amide bonds. The van der Waals surface area contributed by atoms with Crippen molar-refractivity contribution in [3.63, 3.8) is 0 Å². The maximum Gasteiger partial charge on any atom is 0.317 e. The molecule has 0 spiro atoms. The minimum absolute atomic E-state index is 0.0200. The number of nitrogens with zero attached hydrogens (tertiary/aromatic N) is 1. The van der Waals surface area contributed by atoms with Gasteiger partial charge in [-0.25, -0.2) is 4.79 Å². The largest absolute Gasteiger partial charge is 0.508 e. The predicted molar refractivity (Wildman–Crippen MR) is 81.1 cm³/mol. The molecule has 1 aromatic carbocycles. The summed E-state index contributed by atoms with van der Waals surface area (Å²) in [4.78, 5) is 14.2. The summed E-state index contributed by atoms with van der Waals surface area (Å²) in [5, 5.41) is 12.5. The lowest BCUT2D eigenvalue weighted by Gasteiger charge is -2.25. The van der Waals surface area contributed by atoms with Crippen molar-refractivity contribution >= 4 is 6.03 Å². The Morgan fingerprint density at radius 2 is 2.29 bits per heavy atom. The van der Waals surface area contributed by atoms with Crippen LogP contribution >= 0.6 is 0 Å². The molecule has 0 heterocycles. The zero-order valence-electron chi connectivity index (χ0n) is 12.7. The number of phenolic OH excluding ortho intramolecular Hbond substituents is 1. The van der Waals surface area contributed by atoms with Crippen LogP contribution < -0.4 is 5.32 Å². The second-order valence-electron chi connectivity index (χ2n) is 5.80. The predicted octanol–water partition coefficient (Wildman–Crippen LogP) is 2.35. The minimum atomic E-state index is -0.0743. The van der Waals surface area contributed by atoms with Crippen molar-refractivity contribution in [2.24, 2.45) is 5.92 Å². The van der Waals surface area contributed by atoms with Crippen LogP contribution in [0, 0.1) is 5.92 Å². The summed E-state index contributed by atoms with van der Waals surface area (Å²) >= 11 is 0. The van der Waals surface area contributed by atoms with Crippen LogP contribution in [-0.4, -0.2) is 42.3 Å². The van der Waals surface area contributed by atoms with Crippen molar-refractivity contribution in [2.75, 3.05) is 20.3 Å². The van der Waals surface area contributed by atoms with E-state index in [0.29, 0.717) is 19.1 Å². The van der Waals surface area contributed by atoms with Crippen molar-refractivity contribution < 1.29 is 14.6 Å². The molecule has 1 fully saturated rings. The number of ether oxygens (including phenoxy) is 1. The van der Waals surface area contributed by atoms with Crippen LogP contribution in [0.4, 0.5) is 4.79 Å². The third-order valence-corrected chi connectivity index (χ3v) is 3.53. The molecule has 1 aliphatic rings. The molecular formula is C16H24N2O3. The molecule has 2 rings (SSSR count). The number of carbonyl (C=O) groups excluding carboxylic acids is 1. The van der Waals surface area contributed by atoms with Crippen molar-refractivity contribution in [1.82, 2.24) is 10.2 Å². The summed E-state index contributed by atoms with van der Waals surface area (Å²) in [6.45, 7) is 3.69. The van der Waals surface area contributed by atoms with Gasteiger partial charge in [0, 0.05) is 20.2 Å². The van der Waals surface area contributed by atoms with Crippen molar-refractivity contribution in [3.8, 4) is 5.75 Å². The normalized spacial score (nSPS) is 15.5. The quantitative estimate of drug-likeness (QED) is 0.811. The number of hydrogen-bond acceptors (Lipinski definition) is 3. The van der Waals surface area contributed by atoms with Crippen LogP contribution in [0.5, 0.6) is 5.75 Å². The minimum Gasteiger partial charge on any atom is -0.508 e. The SMILES string of the molecule is COC[C@H](C)NC(=O)N(Cc1cccc(O)c1)CC1CC1. The molecule has 1 aliphatic carbocycles. The van der Waals surface area contributed by atoms with Gasteiger partial charge in [0.1, 0.15) is 5.75 Å². The van der Waals surface area contributed by atoms with Gasteiger partial charge in [0.2, 0.25) is 0 Å². The first-order valence-electron chi connectivity index (χ1n) is 7.40. The first-order chi connectivity index (χ1) is 10.1. The average Bonchev–Trinajstić information content (AvgIpc) is 3.22. The Morgan fingerprint density at radius 1 is 1.52 bits per heavy atom. The Bertz CT molecular complexity index is 474. The molecule has 21 heavy (non-hydrogen) atoms. The molecule has 1 aromatic rings. The topological polar surface area (TPSA) is 61.8 Å². The molecule has 1 saturated carbocycles. The molecule has 0 unspecified atom stereocenters. The summed E-state index contributed by atoms with van der Waals surface area (Å²) < 4.78 is 5.05. The average molecular weight is 292 g/mol. The van der Waals surface area contributed by atoms with Crippen LogP contribution in [0.15, 0.2) is 24.3 Å². The summed E-state index contributed by atoms with van der Waals surface area (Å²) in [6, 6.07) is 6.96. The Labute approximate surface area is 125 Å². The van der Waals surface area contributed by atoms with E-state index in [-0.39, 0.29) is 17.8 Å². The number of carbonyl (C=O) groups is 1. The fourth-order valence-electron chi connectivity index (χ4n) is 2.30. The smallest absolute Gasteiger partial charge is 0.317 e. The third kappa shape index (κ3) is 5.27. The zero-order valence-corrected chi connectivity index (χ0v) is 12.7. The van der Waals surface area contributed by atoms with Gasteiger partial charge in [-0.05, 0) is 43.4 Å². The highest BCUT2D eigenvalue weighted by Crippen LogP contribution is 2.30. The number of methoxy groups -OCH3 is 1. The molecule has 2 N–H and O–H groups in total. The van der Waals surface area contributed by atoms with E-state index in [1.165, 1.54) is 12.8 Å². The number of hydrogen-bond donors (Lipinski definition) is 2. The van der Waals surface area contributed by atoms with Gasteiger partial charge in [0.25, 0.3) is 0 Å². The Morgan fingerprint density at radius 3 is 2.90 bits per heavy atom. The van der Waals surface area contributed by atoms with E-state index in [9.17, 15) is 9.90 Å². The lowest BCUT2D eigenvalue weighted by molar-refractivity contribution is 0.157. The van der Waals surface area contributed by atoms with Gasteiger partial charge in [-0.3, -0.25) is 0 Å². The molecule has 0 aromatic heterocycles. The molecule has 5 heteroatoms. The van der Waals surface area contributed by atoms with Crippen LogP contribution in [0.1, 0.15) is 25.3 Å². The molecule has 0 aliphatic heterocycles. The number of amides is 2. The number of phenols is 1. The molecule has 1 atom stereocenters. The van der Waals surface area contributed by atoms with Gasteiger partial charge in [-0.15, -0.1) is 0 Å². The Balaban J connectivity index is 1.97. The maximum absolute atomic E-state index is 12.4. The highest BCUT2D eigenvalue weighted by Gasteiger charge is 2.27. The van der Waals surface area contributed by atoms with Crippen LogP contribution in [0.2, 0.25) is 0 Å². The van der Waals surface area contributed by atoms with Crippen LogP contribution in [-0.2, 0) is 11.3 Å². The zero-order chi connectivity index (χ0) is 15.2. The molecule has 0 bridgehead atoms. The number of nitrogens with one attached hydrogen (secondary N) is 1. The molecular weight excluding hydrogens is 268 g/mol. The lowest BCUT2D eigenvalue weighted by atomic mass is 10.2. The lowest BCUT2D eigenvalue weighted by Crippen LogP contribution is -2.45. The van der Waals surface area contributed by atoms with Gasteiger partial charge in [-0.1, -0.05) is 12.1 Å². The standard InChI is InChI=1S/C16H24N2O3/c1-12(11-21-2)17-16(20)18(9-13-6-7-13)10-14-4-3-5-15(19)8-14/h3-5,8,12-13,19H,6-7,9-11H2,1-2H3,(H,17,20)/t12-/m0/s1. The molecule has 0 radical (unpaired) electrons. The van der Waals surface area contributed by atoms with Crippen molar-refractivity contribution in [2.45, 2.75) is 32.4 Å². The Kier molecular flexibility index (Phi) is 5.44. The second-order valence-corrected chi connectivity index (χ2v) is 5.80. The number of benzene rings is 1. The van der Waals surface area contributed by atoms with Crippen LogP contribution in [0.25, 0.3) is 0 Å². The van der Waals surface area contributed by atoms with Gasteiger partial charge >= 0.3 is 6.03 Å². The van der Waals surface area contributed by atoms with Gasteiger partial charge in [-0.2, -0.15) is 0 Å². The van der Waals surface area contributed by atoms with Crippen molar-refractivity contribution in [3.05, 3.63) is 29.8 Å². The fraction of sp³-hybridized carbons (Fsp3) is 0.562. The second kappa shape index (κ2) is 7.31. The summed E-state index contributed by atoms with van der Waals surface area (Å²) in [6.07, 6.45) is 2.38. The number of urea groups is 1. The van der Waals surface area contributed by atoms with Crippen LogP contribution in [0.3, 0.4) is 0 Å². The van der Waals surface area contributed by atoms with E-state index in [0.717, 1.165) is 12.1 Å². The van der Waals surface area contributed by atoms with E-state index in [1.807, 2.05) is 17.9 Å². The van der Waals surface area contributed by atoms with Gasteiger partial charge in [0.15, 0.2) is 0 Å². The summed E-state index contributed by atoms with van der Waals surface area (Å²) in [7, 11) is 1.62. The first kappa shape index (κ1) is 15.6. The Hall–Kier alpha value is -1.75. The van der Waals surface area contributed by atoms with E-state index < -0.39 is 0 Å². The van der Waals surface area contributed by atoms with E-state index >= 15 is 0 Å². The maximum atomic E-state index is 12.4. The molecule has 5 nitrogen and oxygen atoms in total. The van der Waals surface area contributed by atoms with Gasteiger partial charge in [0.05, 0.1) is 12.6 Å². The third-order valence-electron chi connectivity index (χ3n) is 3.53. The van der Waals surface area contributed by atoms with E-state index in [2.05, 4.69) is 5.32 Å². The highest BCUT2D eigenvalue weighted by molar-refractivity contribution is 5.74. The highest BCUT2D eigenvalue weighted by atomic mass is 16.5. The fourth-order valence-corrected chi connectivity index (χ4v) is 2.30. The van der Waals surface area contributed by atoms with Gasteiger partial charge < -0.3 is 20.1 Å². The number of aromatic hydroxyl groups is 1. The molecule has 116 valence electrons. The first-order valence-corrected chi connectivity index (χ1v) is 7.40. The summed E-state index contributed by atoms with van der Waals surface area (Å²) in [5.41, 5.74) is 0.935. The molecule has 0 saturated heterocycles. The summed E-state index contributed by atoms with van der Waals surface area (Å²) in [5.74, 6) is 0.845. The van der Waals surface area contributed by atoms with Crippen molar-refractivity contribution in [1.29, 1.82) is 0 Å².